The fourth-order valence-electron chi connectivity index (χ4n) is 1.84. The van der Waals surface area contributed by atoms with Crippen molar-refractivity contribution >= 4 is 21.7 Å². The summed E-state index contributed by atoms with van der Waals surface area (Å²) >= 11 is 3.49. The van der Waals surface area contributed by atoms with Gasteiger partial charge in [-0.05, 0) is 17.5 Å². The van der Waals surface area contributed by atoms with Gasteiger partial charge in [-0.25, -0.2) is 0 Å². The maximum Gasteiger partial charge on any atom is 0.151 e. The van der Waals surface area contributed by atoms with Crippen LogP contribution in [-0.2, 0) is 17.6 Å². The Morgan fingerprint density at radius 1 is 0.889 bits per heavy atom. The molecule has 0 bridgehead atoms. The van der Waals surface area contributed by atoms with E-state index < -0.39 is 0 Å². The van der Waals surface area contributed by atoms with E-state index in [2.05, 4.69) is 15.9 Å². The number of benzene rings is 2. The largest absolute Gasteiger partial charge is 0.298 e. The van der Waals surface area contributed by atoms with Gasteiger partial charge in [-0.2, -0.15) is 0 Å². The zero-order valence-corrected chi connectivity index (χ0v) is 11.6. The Morgan fingerprint density at radius 3 is 1.94 bits per heavy atom. The summed E-state index contributed by atoms with van der Waals surface area (Å²) in [6.07, 6.45) is 1.23. The number of ketones is 1. The molecule has 0 aliphatic rings. The molecule has 2 aromatic carbocycles. The molecule has 1 unspecified atom stereocenters. The molecule has 0 N–H and O–H groups in total. The summed E-state index contributed by atoms with van der Waals surface area (Å²) in [5.74, 6) is 0.227. The number of carbonyl (C=O) groups excluding carboxylic acids is 1. The van der Waals surface area contributed by atoms with Crippen molar-refractivity contribution in [3.63, 3.8) is 0 Å². The smallest absolute Gasteiger partial charge is 0.151 e. The Kier molecular flexibility index (Phi) is 4.71. The van der Waals surface area contributed by atoms with Gasteiger partial charge in [0.25, 0.3) is 0 Å². The summed E-state index contributed by atoms with van der Waals surface area (Å²) in [6.45, 7) is 0. The minimum Gasteiger partial charge on any atom is -0.298 e. The molecule has 0 spiro atoms. The van der Waals surface area contributed by atoms with Gasteiger partial charge in [0.2, 0.25) is 0 Å². The zero-order chi connectivity index (χ0) is 12.8. The molecule has 0 radical (unpaired) electrons. The van der Waals surface area contributed by atoms with E-state index in [4.69, 9.17) is 0 Å². The van der Waals surface area contributed by atoms with E-state index in [9.17, 15) is 4.79 Å². The molecule has 2 aromatic rings. The standard InChI is InChI=1S/C16H15BrO/c17-15(11-13-7-3-1-4-8-13)16(18)12-14-9-5-2-6-10-14/h1-10,15H,11-12H2. The lowest BCUT2D eigenvalue weighted by Gasteiger charge is -2.09. The van der Waals surface area contributed by atoms with Crippen molar-refractivity contribution in [2.45, 2.75) is 17.7 Å². The Balaban J connectivity index is 1.93. The van der Waals surface area contributed by atoms with E-state index in [-0.39, 0.29) is 10.6 Å². The van der Waals surface area contributed by atoms with Crippen LogP contribution in [0, 0.1) is 0 Å². The molecule has 92 valence electrons. The Hall–Kier alpha value is -1.41. The first-order valence-electron chi connectivity index (χ1n) is 6.00. The van der Waals surface area contributed by atoms with Gasteiger partial charge in [0, 0.05) is 6.42 Å². The second-order valence-electron chi connectivity index (χ2n) is 4.29. The molecule has 0 aromatic heterocycles. The number of hydrogen-bond acceptors (Lipinski definition) is 1. The molecule has 0 aliphatic carbocycles. The highest BCUT2D eigenvalue weighted by molar-refractivity contribution is 9.10. The molecule has 0 saturated heterocycles. The maximum atomic E-state index is 12.1. The van der Waals surface area contributed by atoms with Crippen molar-refractivity contribution in [1.29, 1.82) is 0 Å². The lowest BCUT2D eigenvalue weighted by Crippen LogP contribution is -2.18. The minimum absolute atomic E-state index is 0.111. The van der Waals surface area contributed by atoms with Crippen molar-refractivity contribution in [3.05, 3.63) is 71.8 Å². The summed E-state index contributed by atoms with van der Waals surface area (Å²) in [7, 11) is 0. The van der Waals surface area contributed by atoms with Crippen molar-refractivity contribution in [1.82, 2.24) is 0 Å². The average Bonchev–Trinajstić information content (AvgIpc) is 2.41. The third-order valence-corrected chi connectivity index (χ3v) is 3.66. The van der Waals surface area contributed by atoms with Crippen LogP contribution in [0.4, 0.5) is 0 Å². The molecule has 1 nitrogen and oxygen atoms in total. The number of Topliss-reactive ketones (excluding diaryl/α,β-unsaturated/α-hetero) is 1. The van der Waals surface area contributed by atoms with Gasteiger partial charge in [0.05, 0.1) is 4.83 Å². The topological polar surface area (TPSA) is 17.1 Å². The highest BCUT2D eigenvalue weighted by atomic mass is 79.9. The van der Waals surface area contributed by atoms with E-state index in [0.717, 1.165) is 12.0 Å². The summed E-state index contributed by atoms with van der Waals surface area (Å²) in [5, 5.41) is 0. The second-order valence-corrected chi connectivity index (χ2v) is 5.39. The van der Waals surface area contributed by atoms with Crippen LogP contribution in [0.15, 0.2) is 60.7 Å². The SMILES string of the molecule is O=C(Cc1ccccc1)C(Br)Cc1ccccc1. The van der Waals surface area contributed by atoms with Crippen molar-refractivity contribution in [2.24, 2.45) is 0 Å². The van der Waals surface area contributed by atoms with Crippen LogP contribution in [0.1, 0.15) is 11.1 Å². The number of alkyl halides is 1. The fraction of sp³-hybridized carbons (Fsp3) is 0.188. The van der Waals surface area contributed by atoms with E-state index in [1.165, 1.54) is 5.56 Å². The molecule has 18 heavy (non-hydrogen) atoms. The van der Waals surface area contributed by atoms with Gasteiger partial charge in [-0.1, -0.05) is 76.6 Å². The summed E-state index contributed by atoms with van der Waals surface area (Å²) in [5.41, 5.74) is 2.25. The molecule has 0 aliphatic heterocycles. The van der Waals surface area contributed by atoms with Gasteiger partial charge < -0.3 is 0 Å². The van der Waals surface area contributed by atoms with Gasteiger partial charge in [0.15, 0.2) is 5.78 Å². The van der Waals surface area contributed by atoms with Crippen LogP contribution >= 0.6 is 15.9 Å². The molecule has 1 atom stereocenters. The number of halogens is 1. The Labute approximate surface area is 116 Å². The van der Waals surface area contributed by atoms with Crippen LogP contribution in [-0.4, -0.2) is 10.6 Å². The molecule has 2 rings (SSSR count). The molecule has 0 fully saturated rings. The first-order chi connectivity index (χ1) is 8.75. The van der Waals surface area contributed by atoms with E-state index in [1.807, 2.05) is 60.7 Å². The Bertz CT molecular complexity index is 493. The number of hydrogen-bond donors (Lipinski definition) is 0. The summed E-state index contributed by atoms with van der Waals surface area (Å²) in [4.78, 5) is 12.0. The maximum absolute atomic E-state index is 12.1. The normalized spacial score (nSPS) is 12.1. The minimum atomic E-state index is -0.111. The van der Waals surface area contributed by atoms with Crippen molar-refractivity contribution in [2.75, 3.05) is 0 Å². The lowest BCUT2D eigenvalue weighted by molar-refractivity contribution is -0.117. The van der Waals surface area contributed by atoms with Gasteiger partial charge >= 0.3 is 0 Å². The number of rotatable bonds is 5. The molecule has 0 saturated carbocycles. The second kappa shape index (κ2) is 6.50. The van der Waals surface area contributed by atoms with E-state index in [1.54, 1.807) is 0 Å². The van der Waals surface area contributed by atoms with Crippen molar-refractivity contribution < 1.29 is 4.79 Å². The lowest BCUT2D eigenvalue weighted by atomic mass is 10.0. The van der Waals surface area contributed by atoms with Gasteiger partial charge in [-0.15, -0.1) is 0 Å². The van der Waals surface area contributed by atoms with E-state index in [0.29, 0.717) is 6.42 Å². The molecule has 2 heteroatoms. The first-order valence-corrected chi connectivity index (χ1v) is 6.92. The summed E-state index contributed by atoms with van der Waals surface area (Å²) < 4.78 is 0. The summed E-state index contributed by atoms with van der Waals surface area (Å²) in [6, 6.07) is 19.9. The third-order valence-electron chi connectivity index (χ3n) is 2.83. The van der Waals surface area contributed by atoms with Crippen molar-refractivity contribution in [3.8, 4) is 0 Å². The highest BCUT2D eigenvalue weighted by Crippen LogP contribution is 2.13. The van der Waals surface area contributed by atoms with Gasteiger partial charge in [0.1, 0.15) is 0 Å². The first kappa shape index (κ1) is 13.0. The monoisotopic (exact) mass is 302 g/mol. The third kappa shape index (κ3) is 3.81. The predicted molar refractivity (Wildman–Crippen MR) is 78.0 cm³/mol. The number of carbonyl (C=O) groups is 1. The fourth-order valence-corrected chi connectivity index (χ4v) is 2.38. The average molecular weight is 303 g/mol. The molecular weight excluding hydrogens is 288 g/mol. The van der Waals surface area contributed by atoms with E-state index >= 15 is 0 Å². The zero-order valence-electron chi connectivity index (χ0n) is 10.1. The predicted octanol–water partition coefficient (Wildman–Crippen LogP) is 3.80. The van der Waals surface area contributed by atoms with Gasteiger partial charge in [-0.3, -0.25) is 4.79 Å². The Morgan fingerprint density at radius 2 is 1.39 bits per heavy atom. The molecule has 0 amide bonds. The van der Waals surface area contributed by atoms with Crippen LogP contribution in [0.3, 0.4) is 0 Å². The molecular formula is C16H15BrO. The van der Waals surface area contributed by atoms with Crippen LogP contribution in [0.25, 0.3) is 0 Å². The quantitative estimate of drug-likeness (QED) is 0.768. The highest BCUT2D eigenvalue weighted by Gasteiger charge is 2.15. The van der Waals surface area contributed by atoms with Crippen LogP contribution in [0.2, 0.25) is 0 Å². The molecule has 0 heterocycles. The van der Waals surface area contributed by atoms with Crippen LogP contribution in [0.5, 0.6) is 0 Å². The van der Waals surface area contributed by atoms with Crippen LogP contribution < -0.4 is 0 Å².